The second-order valence-electron chi connectivity index (χ2n) is 4.66. The van der Waals surface area contributed by atoms with Crippen molar-refractivity contribution < 1.29 is 0 Å². The molecular weight excluding hydrogens is 188 g/mol. The van der Waals surface area contributed by atoms with Gasteiger partial charge in [0.2, 0.25) is 0 Å². The fourth-order valence-corrected chi connectivity index (χ4v) is 3.25. The third-order valence-electron chi connectivity index (χ3n) is 3.98. The maximum atomic E-state index is 4.36. The van der Waals surface area contributed by atoms with E-state index in [0.717, 1.165) is 11.6 Å². The number of fused-ring (bicyclic) bond motifs is 3. The van der Waals surface area contributed by atoms with Crippen LogP contribution < -0.4 is 0 Å². The van der Waals surface area contributed by atoms with Crippen LogP contribution in [0.25, 0.3) is 5.65 Å². The Morgan fingerprint density at radius 2 is 1.93 bits per heavy atom. The van der Waals surface area contributed by atoms with Gasteiger partial charge in [0, 0.05) is 5.56 Å². The monoisotopic (exact) mass is 200 g/mol. The number of aromatic nitrogens is 4. The van der Waals surface area contributed by atoms with Crippen molar-refractivity contribution in [2.24, 2.45) is 0 Å². The Morgan fingerprint density at radius 3 is 2.80 bits per heavy atom. The highest BCUT2D eigenvalue weighted by Gasteiger charge is 2.35. The molecule has 2 aromatic rings. The van der Waals surface area contributed by atoms with Gasteiger partial charge >= 0.3 is 0 Å². The molecule has 0 aliphatic heterocycles. The molecule has 1 saturated carbocycles. The van der Waals surface area contributed by atoms with Crippen LogP contribution in [0.4, 0.5) is 0 Å². The second kappa shape index (κ2) is 2.56. The van der Waals surface area contributed by atoms with E-state index in [4.69, 9.17) is 0 Å². The molecule has 0 unspecified atom stereocenters. The van der Waals surface area contributed by atoms with Crippen LogP contribution in [-0.4, -0.2) is 19.8 Å². The third-order valence-corrected chi connectivity index (χ3v) is 3.98. The minimum atomic E-state index is 0.708. The second-order valence-corrected chi connectivity index (χ2v) is 4.66. The minimum Gasteiger partial charge on any atom is -0.200 e. The van der Waals surface area contributed by atoms with Gasteiger partial charge in [0.1, 0.15) is 6.33 Å². The highest BCUT2D eigenvalue weighted by molar-refractivity contribution is 5.54. The van der Waals surface area contributed by atoms with Crippen molar-refractivity contribution in [2.45, 2.75) is 37.5 Å². The van der Waals surface area contributed by atoms with Crippen LogP contribution in [0.5, 0.6) is 0 Å². The van der Waals surface area contributed by atoms with E-state index < -0.39 is 0 Å². The maximum Gasteiger partial charge on any atom is 0.181 e. The molecule has 0 spiro atoms. The first-order valence-corrected chi connectivity index (χ1v) is 5.62. The summed E-state index contributed by atoms with van der Waals surface area (Å²) >= 11 is 0. The summed E-state index contributed by atoms with van der Waals surface area (Å²) in [6.45, 7) is 0. The van der Waals surface area contributed by atoms with Crippen molar-refractivity contribution in [3.05, 3.63) is 23.7 Å². The summed E-state index contributed by atoms with van der Waals surface area (Å²) in [4.78, 5) is 0. The quantitative estimate of drug-likeness (QED) is 0.652. The summed E-state index contributed by atoms with van der Waals surface area (Å²) in [6, 6.07) is 0. The van der Waals surface area contributed by atoms with E-state index in [1.807, 2.05) is 6.20 Å². The Bertz CT molecular complexity index is 522. The lowest BCUT2D eigenvalue weighted by Crippen LogP contribution is -2.23. The number of rotatable bonds is 0. The molecule has 4 nitrogen and oxygen atoms in total. The van der Waals surface area contributed by atoms with Crippen LogP contribution in [0, 0.1) is 0 Å². The molecule has 3 aliphatic rings. The average molecular weight is 200 g/mol. The molecule has 0 radical (unpaired) electrons. The van der Waals surface area contributed by atoms with Crippen molar-refractivity contribution in [2.75, 3.05) is 0 Å². The maximum absolute atomic E-state index is 4.36. The molecule has 0 N–H and O–H groups in total. The van der Waals surface area contributed by atoms with E-state index in [1.165, 1.54) is 36.8 Å². The Balaban J connectivity index is 2.11. The first-order valence-electron chi connectivity index (χ1n) is 5.62. The van der Waals surface area contributed by atoms with Crippen molar-refractivity contribution in [3.63, 3.8) is 0 Å². The molecule has 76 valence electrons. The molecule has 2 bridgehead atoms. The van der Waals surface area contributed by atoms with Gasteiger partial charge in [-0.25, -0.2) is 4.52 Å². The topological polar surface area (TPSA) is 43.1 Å². The van der Waals surface area contributed by atoms with Gasteiger partial charge in [-0.1, -0.05) is 0 Å². The summed E-state index contributed by atoms with van der Waals surface area (Å²) in [6.07, 6.45) is 9.04. The van der Waals surface area contributed by atoms with Gasteiger partial charge in [-0.05, 0) is 43.1 Å². The van der Waals surface area contributed by atoms with Gasteiger partial charge in [0.05, 0.1) is 6.20 Å². The Hall–Kier alpha value is -1.45. The highest BCUT2D eigenvalue weighted by Crippen LogP contribution is 2.49. The molecule has 2 aromatic heterocycles. The van der Waals surface area contributed by atoms with E-state index in [2.05, 4.69) is 15.3 Å². The predicted octanol–water partition coefficient (Wildman–Crippen LogP) is 1.88. The molecule has 0 aromatic carbocycles. The Labute approximate surface area is 87.3 Å². The van der Waals surface area contributed by atoms with E-state index in [1.54, 1.807) is 10.8 Å². The first kappa shape index (κ1) is 7.79. The highest BCUT2D eigenvalue weighted by atomic mass is 15.3. The number of hydrogen-bond acceptors (Lipinski definition) is 3. The molecule has 2 heterocycles. The predicted molar refractivity (Wildman–Crippen MR) is 54.7 cm³/mol. The van der Waals surface area contributed by atoms with Crippen LogP contribution in [0.15, 0.2) is 12.5 Å². The molecule has 15 heavy (non-hydrogen) atoms. The molecule has 1 fully saturated rings. The smallest absolute Gasteiger partial charge is 0.181 e. The van der Waals surface area contributed by atoms with Crippen molar-refractivity contribution >= 4 is 5.65 Å². The van der Waals surface area contributed by atoms with Crippen LogP contribution in [-0.2, 0) is 0 Å². The van der Waals surface area contributed by atoms with Crippen LogP contribution >= 0.6 is 0 Å². The largest absolute Gasteiger partial charge is 0.200 e. The summed E-state index contributed by atoms with van der Waals surface area (Å²) in [5, 5.41) is 12.5. The SMILES string of the molecule is c1nn2cnnc2c2c1C1CCC2CC1. The Kier molecular flexibility index (Phi) is 1.33. The fourth-order valence-electron chi connectivity index (χ4n) is 3.25. The normalized spacial score (nSPS) is 28.3. The van der Waals surface area contributed by atoms with Crippen molar-refractivity contribution in [1.29, 1.82) is 0 Å². The molecule has 0 atom stereocenters. The zero-order valence-electron chi connectivity index (χ0n) is 8.43. The van der Waals surface area contributed by atoms with Gasteiger partial charge in [0.15, 0.2) is 5.65 Å². The fraction of sp³-hybridized carbons (Fsp3) is 0.545. The molecule has 0 saturated heterocycles. The summed E-state index contributed by atoms with van der Waals surface area (Å²) in [5.41, 5.74) is 3.87. The first-order chi connectivity index (χ1) is 7.43. The van der Waals surface area contributed by atoms with Crippen molar-refractivity contribution in [3.8, 4) is 0 Å². The van der Waals surface area contributed by atoms with Crippen molar-refractivity contribution in [1.82, 2.24) is 19.8 Å². The van der Waals surface area contributed by atoms with Gasteiger partial charge in [-0.2, -0.15) is 5.10 Å². The lowest BCUT2D eigenvalue weighted by atomic mass is 9.68. The van der Waals surface area contributed by atoms with Gasteiger partial charge in [0.25, 0.3) is 0 Å². The van der Waals surface area contributed by atoms with Crippen LogP contribution in [0.2, 0.25) is 0 Å². The lowest BCUT2D eigenvalue weighted by molar-refractivity contribution is 0.357. The zero-order chi connectivity index (χ0) is 9.83. The third kappa shape index (κ3) is 0.893. The number of nitrogens with zero attached hydrogens (tertiary/aromatic N) is 4. The standard InChI is InChI=1S/C11H12N4/c1-3-8-4-2-7(1)9-5-13-15-6-12-14-11(15)10(8)9/h5-8H,1-4H2. The van der Waals surface area contributed by atoms with Crippen LogP contribution in [0.3, 0.4) is 0 Å². The van der Waals surface area contributed by atoms with E-state index in [-0.39, 0.29) is 0 Å². The molecule has 4 heteroatoms. The molecule has 5 rings (SSSR count). The zero-order valence-corrected chi connectivity index (χ0v) is 8.43. The number of hydrogen-bond donors (Lipinski definition) is 0. The van der Waals surface area contributed by atoms with Gasteiger partial charge < -0.3 is 0 Å². The van der Waals surface area contributed by atoms with Gasteiger partial charge in [-0.3, -0.25) is 0 Å². The average Bonchev–Trinajstić information content (AvgIpc) is 2.78. The van der Waals surface area contributed by atoms with Gasteiger partial charge in [-0.15, -0.1) is 10.2 Å². The molecule has 3 aliphatic carbocycles. The molecular formula is C11H12N4. The lowest BCUT2D eigenvalue weighted by Gasteiger charge is -2.37. The minimum absolute atomic E-state index is 0.708. The Morgan fingerprint density at radius 1 is 1.13 bits per heavy atom. The summed E-state index contributed by atoms with van der Waals surface area (Å²) in [7, 11) is 0. The van der Waals surface area contributed by atoms with E-state index in [0.29, 0.717) is 5.92 Å². The summed E-state index contributed by atoms with van der Waals surface area (Å²) < 4.78 is 1.81. The summed E-state index contributed by atoms with van der Waals surface area (Å²) in [5.74, 6) is 1.44. The van der Waals surface area contributed by atoms with E-state index in [9.17, 15) is 0 Å². The molecule has 0 amide bonds. The van der Waals surface area contributed by atoms with E-state index >= 15 is 0 Å². The van der Waals surface area contributed by atoms with Crippen LogP contribution in [0.1, 0.15) is 48.6 Å².